The molecule has 96 valence electrons. The summed E-state index contributed by atoms with van der Waals surface area (Å²) in [6.07, 6.45) is 3.83. The van der Waals surface area contributed by atoms with Crippen molar-refractivity contribution in [1.82, 2.24) is 9.97 Å². The Hall–Kier alpha value is -2.63. The van der Waals surface area contributed by atoms with Crippen molar-refractivity contribution in [2.24, 2.45) is 0 Å². The second kappa shape index (κ2) is 4.56. The van der Waals surface area contributed by atoms with Gasteiger partial charge in [0.2, 0.25) is 6.10 Å². The van der Waals surface area contributed by atoms with Gasteiger partial charge in [-0.2, -0.15) is 0 Å². The first-order valence-electron chi connectivity index (χ1n) is 5.78. The van der Waals surface area contributed by atoms with E-state index >= 15 is 0 Å². The van der Waals surface area contributed by atoms with E-state index in [0.29, 0.717) is 11.6 Å². The quantitative estimate of drug-likeness (QED) is 0.877. The summed E-state index contributed by atoms with van der Waals surface area (Å²) in [5, 5.41) is 9.14. The van der Waals surface area contributed by atoms with Gasteiger partial charge in [-0.3, -0.25) is 4.98 Å². The van der Waals surface area contributed by atoms with Crippen molar-refractivity contribution in [2.45, 2.75) is 6.10 Å². The van der Waals surface area contributed by atoms with E-state index in [2.05, 4.69) is 9.97 Å². The summed E-state index contributed by atoms with van der Waals surface area (Å²) in [4.78, 5) is 21.2. The molecule has 3 rings (SSSR count). The number of carbonyl (C=O) groups is 1. The molecule has 1 unspecified atom stereocenters. The van der Waals surface area contributed by atoms with E-state index < -0.39 is 12.1 Å². The Morgan fingerprint density at radius 3 is 2.95 bits per heavy atom. The molecule has 6 nitrogen and oxygen atoms in total. The number of carboxylic acids is 1. The van der Waals surface area contributed by atoms with Crippen molar-refractivity contribution in [3.8, 4) is 5.75 Å². The molecular formula is C13H11N3O3. The van der Waals surface area contributed by atoms with Crippen molar-refractivity contribution in [3.05, 3.63) is 42.9 Å². The van der Waals surface area contributed by atoms with Gasteiger partial charge in [0.1, 0.15) is 5.75 Å². The van der Waals surface area contributed by atoms with Crippen molar-refractivity contribution in [1.29, 1.82) is 0 Å². The second-order valence-electron chi connectivity index (χ2n) is 4.09. The fourth-order valence-electron chi connectivity index (χ4n) is 2.01. The van der Waals surface area contributed by atoms with Gasteiger partial charge in [0.05, 0.1) is 18.4 Å². The van der Waals surface area contributed by atoms with Gasteiger partial charge in [-0.1, -0.05) is 12.1 Å². The average molecular weight is 257 g/mol. The summed E-state index contributed by atoms with van der Waals surface area (Å²) in [7, 11) is 0. The number of para-hydroxylation sites is 2. The monoisotopic (exact) mass is 257 g/mol. The molecule has 0 radical (unpaired) electrons. The molecule has 0 fully saturated rings. The molecule has 0 bridgehead atoms. The summed E-state index contributed by atoms with van der Waals surface area (Å²) >= 11 is 0. The van der Waals surface area contributed by atoms with Gasteiger partial charge >= 0.3 is 5.97 Å². The highest BCUT2D eigenvalue weighted by molar-refractivity contribution is 5.78. The molecule has 0 amide bonds. The Kier molecular flexibility index (Phi) is 2.75. The zero-order valence-corrected chi connectivity index (χ0v) is 9.93. The zero-order valence-electron chi connectivity index (χ0n) is 9.93. The fourth-order valence-corrected chi connectivity index (χ4v) is 2.01. The minimum absolute atomic E-state index is 0.199. The second-order valence-corrected chi connectivity index (χ2v) is 4.09. The lowest BCUT2D eigenvalue weighted by molar-refractivity contribution is -0.144. The molecular weight excluding hydrogens is 246 g/mol. The normalized spacial score (nSPS) is 17.5. The van der Waals surface area contributed by atoms with E-state index in [9.17, 15) is 4.79 Å². The third kappa shape index (κ3) is 2.08. The summed E-state index contributed by atoms with van der Waals surface area (Å²) < 4.78 is 5.46. The molecule has 0 saturated heterocycles. The van der Waals surface area contributed by atoms with Crippen LogP contribution >= 0.6 is 0 Å². The van der Waals surface area contributed by atoms with Gasteiger partial charge in [0.15, 0.2) is 5.82 Å². The highest BCUT2D eigenvalue weighted by Crippen LogP contribution is 2.36. The summed E-state index contributed by atoms with van der Waals surface area (Å²) in [5.74, 6) is 0.139. The van der Waals surface area contributed by atoms with Crippen LogP contribution in [-0.2, 0) is 4.79 Å². The predicted octanol–water partition coefficient (Wildman–Crippen LogP) is 1.46. The molecule has 19 heavy (non-hydrogen) atoms. The van der Waals surface area contributed by atoms with Crippen molar-refractivity contribution < 1.29 is 14.6 Å². The van der Waals surface area contributed by atoms with E-state index in [1.54, 1.807) is 35.6 Å². The van der Waals surface area contributed by atoms with Gasteiger partial charge in [-0.25, -0.2) is 9.78 Å². The van der Waals surface area contributed by atoms with Crippen LogP contribution in [0.3, 0.4) is 0 Å². The molecule has 1 aromatic carbocycles. The fraction of sp³-hybridized carbons (Fsp3) is 0.154. The molecule has 0 spiro atoms. The van der Waals surface area contributed by atoms with Crippen LogP contribution in [0.1, 0.15) is 0 Å². The van der Waals surface area contributed by atoms with Crippen LogP contribution in [0.5, 0.6) is 5.75 Å². The Labute approximate surface area is 109 Å². The summed E-state index contributed by atoms with van der Waals surface area (Å²) in [5.41, 5.74) is 0.792. The average Bonchev–Trinajstić information content (AvgIpc) is 2.47. The first-order chi connectivity index (χ1) is 9.25. The molecule has 1 atom stereocenters. The lowest BCUT2D eigenvalue weighted by atomic mass is 10.2. The van der Waals surface area contributed by atoms with Crippen molar-refractivity contribution in [2.75, 3.05) is 11.4 Å². The van der Waals surface area contributed by atoms with Crippen LogP contribution in [0.2, 0.25) is 0 Å². The standard InChI is InChI=1S/C13H11N3O3/c17-13(18)11-8-16(12-7-14-5-6-15-12)9-3-1-2-4-10(9)19-11/h1-7,11H,8H2,(H,17,18). The Balaban J connectivity index is 2.06. The van der Waals surface area contributed by atoms with E-state index in [1.807, 2.05) is 12.1 Å². The molecule has 1 aromatic heterocycles. The van der Waals surface area contributed by atoms with Crippen LogP contribution in [0.15, 0.2) is 42.9 Å². The number of carboxylic acid groups (broad SMARTS) is 1. The van der Waals surface area contributed by atoms with Gasteiger partial charge in [-0.15, -0.1) is 0 Å². The molecule has 2 heterocycles. The third-order valence-electron chi connectivity index (χ3n) is 2.88. The maximum absolute atomic E-state index is 11.2. The molecule has 0 saturated carbocycles. The van der Waals surface area contributed by atoms with E-state index in [4.69, 9.17) is 9.84 Å². The Morgan fingerprint density at radius 1 is 1.37 bits per heavy atom. The minimum atomic E-state index is -0.997. The Morgan fingerprint density at radius 2 is 2.21 bits per heavy atom. The molecule has 1 N–H and O–H groups in total. The van der Waals surface area contributed by atoms with Crippen LogP contribution in [-0.4, -0.2) is 33.7 Å². The topological polar surface area (TPSA) is 75.5 Å². The van der Waals surface area contributed by atoms with Crippen molar-refractivity contribution >= 4 is 17.5 Å². The largest absolute Gasteiger partial charge is 0.478 e. The van der Waals surface area contributed by atoms with Gasteiger partial charge in [0.25, 0.3) is 0 Å². The highest BCUT2D eigenvalue weighted by atomic mass is 16.5. The summed E-state index contributed by atoms with van der Waals surface area (Å²) in [6.45, 7) is 0.199. The number of hydrogen-bond donors (Lipinski definition) is 1. The number of aromatic nitrogens is 2. The van der Waals surface area contributed by atoms with E-state index in [-0.39, 0.29) is 6.54 Å². The molecule has 6 heteroatoms. The SMILES string of the molecule is O=C(O)C1CN(c2cnccn2)c2ccccc2O1. The van der Waals surface area contributed by atoms with E-state index in [0.717, 1.165) is 5.69 Å². The molecule has 2 aromatic rings. The molecule has 1 aliphatic rings. The number of fused-ring (bicyclic) bond motifs is 1. The number of aliphatic carboxylic acids is 1. The minimum Gasteiger partial charge on any atom is -0.478 e. The van der Waals surface area contributed by atoms with Crippen LogP contribution in [0.25, 0.3) is 0 Å². The number of benzene rings is 1. The molecule has 0 aliphatic carbocycles. The highest BCUT2D eigenvalue weighted by Gasteiger charge is 2.31. The van der Waals surface area contributed by atoms with Gasteiger partial charge in [-0.05, 0) is 12.1 Å². The maximum Gasteiger partial charge on any atom is 0.346 e. The van der Waals surface area contributed by atoms with Crippen LogP contribution in [0.4, 0.5) is 11.5 Å². The Bertz CT molecular complexity index is 603. The lowest BCUT2D eigenvalue weighted by Crippen LogP contribution is -2.42. The zero-order chi connectivity index (χ0) is 13.2. The number of rotatable bonds is 2. The number of nitrogens with zero attached hydrogens (tertiary/aromatic N) is 3. The van der Waals surface area contributed by atoms with Crippen molar-refractivity contribution in [3.63, 3.8) is 0 Å². The van der Waals surface area contributed by atoms with E-state index in [1.165, 1.54) is 0 Å². The number of ether oxygens (including phenoxy) is 1. The van der Waals surface area contributed by atoms with Crippen LogP contribution in [0, 0.1) is 0 Å². The smallest absolute Gasteiger partial charge is 0.346 e. The molecule has 1 aliphatic heterocycles. The predicted molar refractivity (Wildman–Crippen MR) is 67.5 cm³/mol. The number of anilines is 2. The first-order valence-corrected chi connectivity index (χ1v) is 5.78. The van der Waals surface area contributed by atoms with Crippen LogP contribution < -0.4 is 9.64 Å². The summed E-state index contributed by atoms with van der Waals surface area (Å²) in [6, 6.07) is 7.28. The number of hydrogen-bond acceptors (Lipinski definition) is 5. The first kappa shape index (κ1) is 11.5. The lowest BCUT2D eigenvalue weighted by Gasteiger charge is -2.33. The van der Waals surface area contributed by atoms with Gasteiger partial charge < -0.3 is 14.7 Å². The third-order valence-corrected chi connectivity index (χ3v) is 2.88. The van der Waals surface area contributed by atoms with Gasteiger partial charge in [0, 0.05) is 12.4 Å². The maximum atomic E-state index is 11.2.